The molecule has 0 radical (unpaired) electrons. The summed E-state index contributed by atoms with van der Waals surface area (Å²) in [6, 6.07) is -0.449. The van der Waals surface area contributed by atoms with Crippen LogP contribution in [0, 0.1) is 41.4 Å². The molecule has 2 aliphatic rings. The summed E-state index contributed by atoms with van der Waals surface area (Å²) in [5.41, 5.74) is 3.59. The summed E-state index contributed by atoms with van der Waals surface area (Å²) in [7, 11) is 1.48. The Balaban J connectivity index is 2.35. The molecule has 0 aliphatic carbocycles. The van der Waals surface area contributed by atoms with E-state index in [1.54, 1.807) is 20.8 Å². The molecule has 10 atom stereocenters. The summed E-state index contributed by atoms with van der Waals surface area (Å²) >= 11 is 0. The summed E-state index contributed by atoms with van der Waals surface area (Å²) < 4.78 is 31.5. The van der Waals surface area contributed by atoms with Gasteiger partial charge in [-0.05, 0) is 65.7 Å². The number of aliphatic hydroxyl groups is 1. The number of hydrogen-bond acceptors (Lipinski definition) is 10. The van der Waals surface area contributed by atoms with Crippen molar-refractivity contribution in [3.05, 3.63) is 0 Å². The Morgan fingerprint density at radius 1 is 1.08 bits per heavy atom. The number of nitrogens with zero attached hydrogens (tertiary/aromatic N) is 1. The summed E-state index contributed by atoms with van der Waals surface area (Å²) in [6.07, 6.45) is 4.59. The molecule has 292 valence electrons. The lowest BCUT2D eigenvalue weighted by Gasteiger charge is -2.54. The number of ether oxygens (including phenoxy) is 5. The van der Waals surface area contributed by atoms with Gasteiger partial charge in [0.15, 0.2) is 11.7 Å². The summed E-state index contributed by atoms with van der Waals surface area (Å²) in [5.74, 6) is -0.819. The van der Waals surface area contributed by atoms with Gasteiger partial charge in [0.2, 0.25) is 0 Å². The monoisotopic (exact) mass is 723 g/mol. The molecule has 14 heteroatoms. The van der Waals surface area contributed by atoms with E-state index in [0.717, 1.165) is 6.42 Å². The number of unbranched alkanes of at least 4 members (excludes halogenated alkanes) is 2. The van der Waals surface area contributed by atoms with Gasteiger partial charge in [-0.25, -0.2) is 9.59 Å². The second-order valence-electron chi connectivity index (χ2n) is 15.5. The van der Waals surface area contributed by atoms with Crippen LogP contribution in [0.4, 0.5) is 9.59 Å². The number of urea groups is 1. The Labute approximate surface area is 305 Å². The van der Waals surface area contributed by atoms with Crippen LogP contribution in [0.5, 0.6) is 0 Å². The van der Waals surface area contributed by atoms with E-state index >= 15 is 0 Å². The van der Waals surface area contributed by atoms with Gasteiger partial charge in [0.05, 0.1) is 29.8 Å². The van der Waals surface area contributed by atoms with Gasteiger partial charge in [0, 0.05) is 37.4 Å². The van der Waals surface area contributed by atoms with E-state index in [1.165, 1.54) is 7.05 Å². The van der Waals surface area contributed by atoms with E-state index in [9.17, 15) is 19.5 Å². The first-order chi connectivity index (χ1) is 23.7. The number of amides is 3. The van der Waals surface area contributed by atoms with Crippen molar-refractivity contribution in [1.82, 2.24) is 16.0 Å². The lowest BCUT2D eigenvalue weighted by molar-refractivity contribution is -0.350. The van der Waals surface area contributed by atoms with E-state index in [2.05, 4.69) is 33.8 Å². The maximum atomic E-state index is 14.0. The van der Waals surface area contributed by atoms with Crippen molar-refractivity contribution in [2.45, 2.75) is 143 Å². The molecule has 2 rings (SSSR count). The molecular formula is C37H65N5O9. The Morgan fingerprint density at radius 3 is 2.35 bits per heavy atom. The molecule has 0 aromatic heterocycles. The van der Waals surface area contributed by atoms with E-state index in [4.69, 9.17) is 35.8 Å². The van der Waals surface area contributed by atoms with E-state index in [1.807, 2.05) is 41.5 Å². The summed E-state index contributed by atoms with van der Waals surface area (Å²) in [6.45, 7) is 19.7. The lowest BCUT2D eigenvalue weighted by Crippen LogP contribution is -2.61. The number of aliphatic imine (C=N–C) groups is 1. The van der Waals surface area contributed by atoms with Crippen molar-refractivity contribution >= 4 is 24.1 Å². The third-order valence-corrected chi connectivity index (χ3v) is 10.2. The number of carbonyl (C=O) groups is 3. The van der Waals surface area contributed by atoms with Gasteiger partial charge in [-0.2, -0.15) is 0 Å². The number of hydrogen-bond donors (Lipinski definition) is 5. The Bertz CT molecular complexity index is 1230. The van der Waals surface area contributed by atoms with E-state index in [-0.39, 0.29) is 43.0 Å². The number of cyclic esters (lactones) is 1. The van der Waals surface area contributed by atoms with Crippen molar-refractivity contribution in [2.75, 3.05) is 26.7 Å². The average Bonchev–Trinajstić information content (AvgIpc) is 3.04. The molecule has 2 aliphatic heterocycles. The molecular weight excluding hydrogens is 658 g/mol. The molecule has 2 fully saturated rings. The van der Waals surface area contributed by atoms with Crippen LogP contribution in [0.25, 0.3) is 0 Å². The number of guanidine groups is 1. The van der Waals surface area contributed by atoms with Gasteiger partial charge >= 0.3 is 18.1 Å². The molecule has 2 saturated heterocycles. The van der Waals surface area contributed by atoms with Crippen LogP contribution in [0.15, 0.2) is 4.99 Å². The number of carbonyl (C=O) groups excluding carboxylic acids is 3. The quantitative estimate of drug-likeness (QED) is 0.0722. The second kappa shape index (κ2) is 19.1. The molecule has 0 spiro atoms. The minimum absolute atomic E-state index is 0.0239. The first-order valence-electron chi connectivity index (χ1n) is 18.3. The van der Waals surface area contributed by atoms with Crippen LogP contribution in [-0.4, -0.2) is 97.8 Å². The average molecular weight is 724 g/mol. The van der Waals surface area contributed by atoms with Crippen molar-refractivity contribution in [1.29, 1.82) is 0 Å². The fourth-order valence-electron chi connectivity index (χ4n) is 7.78. The SMILES string of the molecule is C#CCO[C@@H]1[C@@H](C)[C@H](OC(=O)NCCCCCN=C(N)NC(=O)NC)[C@@H](C)C(=O)O[C@H](CC)C(C)(C)[C@@H]2OC(C)(C)O[C@H]([C@@H]2C)[C@H](C)C[C@@]1(C)O. The highest BCUT2D eigenvalue weighted by Gasteiger charge is 2.54. The molecule has 14 nitrogen and oxygen atoms in total. The number of terminal acetylenes is 1. The van der Waals surface area contributed by atoms with Gasteiger partial charge in [-0.15, -0.1) is 6.42 Å². The smallest absolute Gasteiger partial charge is 0.407 e. The maximum absolute atomic E-state index is 14.0. The van der Waals surface area contributed by atoms with E-state index < -0.39 is 65.0 Å². The van der Waals surface area contributed by atoms with Crippen molar-refractivity contribution in [3.63, 3.8) is 0 Å². The highest BCUT2D eigenvalue weighted by molar-refractivity contribution is 5.95. The van der Waals surface area contributed by atoms with Gasteiger partial charge in [0.25, 0.3) is 0 Å². The fraction of sp³-hybridized carbons (Fsp3) is 0.838. The Hall–Kier alpha value is -3.12. The number of nitrogens with two attached hydrogens (primary N) is 1. The molecule has 0 saturated carbocycles. The van der Waals surface area contributed by atoms with Crippen LogP contribution < -0.4 is 21.7 Å². The molecule has 0 aromatic rings. The normalized spacial score (nSPS) is 34.2. The summed E-state index contributed by atoms with van der Waals surface area (Å²) in [5, 5.41) is 19.7. The van der Waals surface area contributed by atoms with E-state index in [0.29, 0.717) is 32.4 Å². The third-order valence-electron chi connectivity index (χ3n) is 10.2. The van der Waals surface area contributed by atoms with Crippen molar-refractivity contribution in [3.8, 4) is 12.3 Å². The zero-order valence-corrected chi connectivity index (χ0v) is 32.7. The first-order valence-corrected chi connectivity index (χ1v) is 18.3. The van der Waals surface area contributed by atoms with Gasteiger partial charge < -0.3 is 45.2 Å². The van der Waals surface area contributed by atoms with Crippen LogP contribution >= 0.6 is 0 Å². The third kappa shape index (κ3) is 12.2. The topological polar surface area (TPSA) is 192 Å². The molecule has 3 amide bonds. The molecule has 2 bridgehead atoms. The number of alkyl carbamates (subject to hydrolysis) is 1. The maximum Gasteiger partial charge on any atom is 0.407 e. The predicted molar refractivity (Wildman–Crippen MR) is 194 cm³/mol. The minimum Gasteiger partial charge on any atom is -0.461 e. The van der Waals surface area contributed by atoms with Crippen LogP contribution in [0.3, 0.4) is 0 Å². The second-order valence-corrected chi connectivity index (χ2v) is 15.5. The predicted octanol–water partition coefficient (Wildman–Crippen LogP) is 4.08. The van der Waals surface area contributed by atoms with Gasteiger partial charge in [0.1, 0.15) is 18.8 Å². The number of nitrogens with one attached hydrogen (secondary N) is 3. The number of fused-ring (bicyclic) bond motifs is 2. The Kier molecular flexibility index (Phi) is 16.5. The highest BCUT2D eigenvalue weighted by atomic mass is 16.7. The first kappa shape index (κ1) is 44.0. The van der Waals surface area contributed by atoms with Gasteiger partial charge in [-0.1, -0.05) is 47.5 Å². The number of esters is 1. The van der Waals surface area contributed by atoms with Crippen LogP contribution in [0.1, 0.15) is 101 Å². The van der Waals surface area contributed by atoms with Crippen LogP contribution in [0.2, 0.25) is 0 Å². The molecule has 2 heterocycles. The molecule has 51 heavy (non-hydrogen) atoms. The van der Waals surface area contributed by atoms with Gasteiger partial charge in [-0.3, -0.25) is 15.1 Å². The summed E-state index contributed by atoms with van der Waals surface area (Å²) in [4.78, 5) is 42.7. The Morgan fingerprint density at radius 2 is 1.75 bits per heavy atom. The van der Waals surface area contributed by atoms with Crippen molar-refractivity contribution in [2.24, 2.45) is 39.8 Å². The lowest BCUT2D eigenvalue weighted by atomic mass is 9.69. The molecule has 0 unspecified atom stereocenters. The minimum atomic E-state index is -1.47. The molecule has 6 N–H and O–H groups in total. The van der Waals surface area contributed by atoms with Crippen LogP contribution in [-0.2, 0) is 28.5 Å². The van der Waals surface area contributed by atoms with Crippen molar-refractivity contribution < 1.29 is 43.2 Å². The highest BCUT2D eigenvalue weighted by Crippen LogP contribution is 2.47. The molecule has 0 aromatic carbocycles. The zero-order chi connectivity index (χ0) is 38.7. The standard InChI is InChI=1S/C37H65N5O9/c1-13-20-47-30-24(5)28(49-34(45)41-19-17-15-16-18-40-32(38)42-33(44)39-12)25(6)31(43)48-26(14-2)35(7,8)29-23(4)27(50-36(9,10)51-29)22(3)21-37(30,11)46/h1,22-30,46H,14-21H2,2-12H3,(H,41,45)(H4,38,39,40,42,44)/t22-,23+,24+,25-,26-,27+,28+,29-,30-,37-/m1/s1. The fourth-order valence-corrected chi connectivity index (χ4v) is 7.78. The largest absolute Gasteiger partial charge is 0.461 e. The number of rotatable bonds is 10. The zero-order valence-electron chi connectivity index (χ0n) is 32.7.